The highest BCUT2D eigenvalue weighted by molar-refractivity contribution is 14.1. The molecule has 1 aromatic carbocycles. The van der Waals surface area contributed by atoms with E-state index in [1.54, 1.807) is 0 Å². The molecule has 8 atom stereocenters. The summed E-state index contributed by atoms with van der Waals surface area (Å²) in [6.45, 7) is -0.887. The summed E-state index contributed by atoms with van der Waals surface area (Å²) in [6.07, 6.45) is -6.17. The van der Waals surface area contributed by atoms with E-state index >= 15 is 0 Å². The number of hydrogen-bond donors (Lipinski definition) is 8. The van der Waals surface area contributed by atoms with Gasteiger partial charge in [-0.25, -0.2) is 38.7 Å². The molecule has 21 heteroatoms. The number of ether oxygens (including phenoxy) is 2. The average molecular weight is 772 g/mol. The van der Waals surface area contributed by atoms with Gasteiger partial charge < -0.3 is 51.6 Å². The first-order valence-corrected chi connectivity index (χ1v) is 14.9. The molecule has 0 aliphatic carbocycles. The molecule has 2 aliphatic rings. The van der Waals surface area contributed by atoms with E-state index in [1.807, 2.05) is 22.6 Å². The van der Waals surface area contributed by atoms with E-state index in [1.165, 1.54) is 21.8 Å². The number of benzene rings is 1. The number of aromatic nitrogens is 8. The highest BCUT2D eigenvalue weighted by Crippen LogP contribution is 2.34. The van der Waals surface area contributed by atoms with E-state index in [2.05, 4.69) is 29.9 Å². The van der Waals surface area contributed by atoms with Crippen molar-refractivity contribution in [3.8, 4) is 11.4 Å². The Morgan fingerprint density at radius 2 is 1.17 bits per heavy atom. The van der Waals surface area contributed by atoms with Crippen molar-refractivity contribution >= 4 is 56.6 Å². The second-order valence-corrected chi connectivity index (χ2v) is 11.5. The van der Waals surface area contributed by atoms with Crippen LogP contribution in [0.1, 0.15) is 12.5 Å². The number of anilines is 2. The smallest absolute Gasteiger partial charge is 0.194 e. The van der Waals surface area contributed by atoms with E-state index in [0.717, 1.165) is 18.2 Å². The van der Waals surface area contributed by atoms with Crippen LogP contribution in [0.5, 0.6) is 0 Å². The van der Waals surface area contributed by atoms with Crippen LogP contribution in [0.15, 0.2) is 30.9 Å². The lowest BCUT2D eigenvalue weighted by Crippen LogP contribution is -2.33. The summed E-state index contributed by atoms with van der Waals surface area (Å²) in [5.74, 6) is -1.46. The summed E-state index contributed by atoms with van der Waals surface area (Å²) >= 11 is 1.92. The summed E-state index contributed by atoms with van der Waals surface area (Å²) < 4.78 is 41.2. The Hall–Kier alpha value is -3.81. The molecule has 2 fully saturated rings. The first-order chi connectivity index (χ1) is 22.4. The van der Waals surface area contributed by atoms with E-state index in [9.17, 15) is 34.3 Å². The number of halogens is 3. The maximum atomic E-state index is 13.5. The minimum atomic E-state index is -1.36. The zero-order chi connectivity index (χ0) is 33.7. The Labute approximate surface area is 275 Å². The molecular formula is C26H27F2IN10O8. The minimum Gasteiger partial charge on any atom is -0.394 e. The van der Waals surface area contributed by atoms with Crippen molar-refractivity contribution in [2.24, 2.45) is 0 Å². The van der Waals surface area contributed by atoms with Crippen LogP contribution >= 0.6 is 22.6 Å². The van der Waals surface area contributed by atoms with Gasteiger partial charge in [-0.1, -0.05) is 0 Å². The molecule has 2 aliphatic heterocycles. The molecule has 6 heterocycles. The van der Waals surface area contributed by atoms with Crippen molar-refractivity contribution in [3.63, 3.8) is 0 Å². The summed E-state index contributed by atoms with van der Waals surface area (Å²) in [5, 5.41) is 58.3. The zero-order valence-electron chi connectivity index (χ0n) is 23.8. The maximum absolute atomic E-state index is 13.5. The fourth-order valence-corrected chi connectivity index (χ4v) is 5.74. The fraction of sp³-hybridized carbons (Fsp3) is 0.385. The average Bonchev–Trinajstić information content (AvgIpc) is 3.78. The summed E-state index contributed by atoms with van der Waals surface area (Å²) in [4.78, 5) is 24.6. The van der Waals surface area contributed by atoms with Gasteiger partial charge in [0.15, 0.2) is 45.0 Å². The lowest BCUT2D eigenvalue weighted by molar-refractivity contribution is -0.0511. The third-order valence-electron chi connectivity index (χ3n) is 7.57. The van der Waals surface area contributed by atoms with E-state index in [0.29, 0.717) is 15.0 Å². The molecule has 47 heavy (non-hydrogen) atoms. The number of aliphatic hydroxyl groups excluding tert-OH is 6. The number of fused-ring (bicyclic) bond motifs is 2. The van der Waals surface area contributed by atoms with Gasteiger partial charge in [0, 0.05) is 34.2 Å². The van der Waals surface area contributed by atoms with Gasteiger partial charge in [0.1, 0.15) is 59.3 Å². The molecule has 250 valence electrons. The minimum absolute atomic E-state index is 0.0369. The molecule has 0 unspecified atom stereocenters. The molecule has 0 saturated carbocycles. The molecule has 10 N–H and O–H groups in total. The fourth-order valence-electron chi connectivity index (χ4n) is 5.25. The van der Waals surface area contributed by atoms with Crippen molar-refractivity contribution in [1.29, 1.82) is 0 Å². The van der Waals surface area contributed by atoms with Gasteiger partial charge in [-0.2, -0.15) is 0 Å². The van der Waals surface area contributed by atoms with E-state index in [-0.39, 0.29) is 34.2 Å². The van der Waals surface area contributed by atoms with Crippen molar-refractivity contribution in [2.45, 2.75) is 49.1 Å². The quantitative estimate of drug-likeness (QED) is 0.0753. The molecule has 0 spiro atoms. The molecular weight excluding hydrogens is 745 g/mol. The predicted octanol–water partition coefficient (Wildman–Crippen LogP) is -1.41. The van der Waals surface area contributed by atoms with Gasteiger partial charge in [0.25, 0.3) is 0 Å². The first kappa shape index (κ1) is 33.1. The molecule has 0 amide bonds. The van der Waals surface area contributed by atoms with Crippen molar-refractivity contribution in [2.75, 3.05) is 24.7 Å². The van der Waals surface area contributed by atoms with E-state index in [4.69, 9.17) is 26.0 Å². The molecule has 5 aromatic rings. The number of imidazole rings is 2. The lowest BCUT2D eigenvalue weighted by Gasteiger charge is -2.16. The van der Waals surface area contributed by atoms with Gasteiger partial charge in [0.05, 0.1) is 25.9 Å². The SMILES string of the molecule is Nc1nc(-c2cc(F)cc(F)c2)nc2c1ncn2[C@@H]1O[C@H](CO)[C@@H](O)[C@H]1O.Nc1nc(I)nc2c1ncn2[C@@H]1O[C@H](CO)[C@@H](O)[C@H]1O. The Morgan fingerprint density at radius 1 is 0.702 bits per heavy atom. The predicted molar refractivity (Wildman–Crippen MR) is 164 cm³/mol. The van der Waals surface area contributed by atoms with Crippen LogP contribution in [0.4, 0.5) is 20.4 Å². The number of nitrogen functional groups attached to an aromatic ring is 2. The van der Waals surface area contributed by atoms with Crippen LogP contribution in [0, 0.1) is 15.5 Å². The summed E-state index contributed by atoms with van der Waals surface area (Å²) in [6, 6.07) is 2.82. The van der Waals surface area contributed by atoms with Crippen LogP contribution in [-0.2, 0) is 9.47 Å². The Bertz CT molecular complexity index is 1910. The molecule has 0 radical (unpaired) electrons. The number of hydrogen-bond acceptors (Lipinski definition) is 16. The van der Waals surface area contributed by atoms with Crippen LogP contribution in [0.25, 0.3) is 33.7 Å². The molecule has 4 aromatic heterocycles. The largest absolute Gasteiger partial charge is 0.394 e. The highest BCUT2D eigenvalue weighted by atomic mass is 127. The standard InChI is InChI=1S/C16H15F2N5O4.C10H12IN5O4/c17-7-1-6(2-8(18)3-7)14-21-13(19)10-15(22-14)23(5-20-10)16-12(26)11(25)9(4-24)27-16;11-10-14-7(12)4-8(15-10)16(2-13-4)9-6(19)5(18)3(1-17)20-9/h1-3,5,9,11-12,16,24-26H,4H2,(H2,19,21,22);2-3,5-6,9,17-19H,1H2,(H2,12,14,15)/t9-,11-,12-,16-;3-,5-,6-,9-/m11/s1. The van der Waals surface area contributed by atoms with Crippen LogP contribution in [0.3, 0.4) is 0 Å². The van der Waals surface area contributed by atoms with Gasteiger partial charge in [-0.05, 0) is 12.1 Å². The van der Waals surface area contributed by atoms with Gasteiger partial charge in [-0.3, -0.25) is 9.13 Å². The molecule has 2 saturated heterocycles. The lowest BCUT2D eigenvalue weighted by atomic mass is 10.1. The van der Waals surface area contributed by atoms with Crippen molar-refractivity contribution in [3.05, 3.63) is 46.3 Å². The van der Waals surface area contributed by atoms with E-state index < -0.39 is 73.9 Å². The van der Waals surface area contributed by atoms with Crippen molar-refractivity contribution < 1.29 is 48.9 Å². The third kappa shape index (κ3) is 6.04. The second-order valence-electron chi connectivity index (χ2n) is 10.6. The Kier molecular flexibility index (Phi) is 9.16. The number of nitrogens with two attached hydrogens (primary N) is 2. The van der Waals surface area contributed by atoms with Gasteiger partial charge in [-0.15, -0.1) is 0 Å². The van der Waals surface area contributed by atoms with Gasteiger partial charge in [0.2, 0.25) is 0 Å². The number of aliphatic hydroxyl groups is 6. The zero-order valence-corrected chi connectivity index (χ0v) is 25.9. The second kappa shape index (κ2) is 13.0. The summed E-state index contributed by atoms with van der Waals surface area (Å²) in [5.41, 5.74) is 12.8. The number of rotatable bonds is 5. The Morgan fingerprint density at radius 3 is 1.64 bits per heavy atom. The summed E-state index contributed by atoms with van der Waals surface area (Å²) in [7, 11) is 0. The third-order valence-corrected chi connectivity index (χ3v) is 8.06. The normalized spacial score (nSPS) is 27.4. The van der Waals surface area contributed by atoms with Gasteiger partial charge >= 0.3 is 0 Å². The van der Waals surface area contributed by atoms with Crippen molar-refractivity contribution in [1.82, 2.24) is 39.0 Å². The Balaban J connectivity index is 0.000000172. The van der Waals surface area contributed by atoms with Crippen LogP contribution < -0.4 is 11.5 Å². The van der Waals surface area contributed by atoms with Crippen LogP contribution in [0.2, 0.25) is 0 Å². The monoisotopic (exact) mass is 772 g/mol. The molecule has 7 rings (SSSR count). The molecule has 0 bridgehead atoms. The van der Waals surface area contributed by atoms with Crippen LogP contribution in [-0.4, -0.2) is 120 Å². The first-order valence-electron chi connectivity index (χ1n) is 13.8. The topological polar surface area (TPSA) is 279 Å². The molecule has 18 nitrogen and oxygen atoms in total. The number of nitrogens with zero attached hydrogens (tertiary/aromatic N) is 8. The maximum Gasteiger partial charge on any atom is 0.194 e. The highest BCUT2D eigenvalue weighted by Gasteiger charge is 2.45.